The lowest BCUT2D eigenvalue weighted by atomic mass is 9.95. The Morgan fingerprint density at radius 3 is 2.85 bits per heavy atom. The first-order valence-corrected chi connectivity index (χ1v) is 10.8. The number of rotatable bonds is 2. The maximum Gasteiger partial charge on any atom is 0.255 e. The lowest BCUT2D eigenvalue weighted by Gasteiger charge is -2.22. The summed E-state index contributed by atoms with van der Waals surface area (Å²) in [5, 5.41) is 2.10. The highest BCUT2D eigenvalue weighted by atomic mass is 32.1. The number of carbonyl (C=O) groups excluding carboxylic acids is 1. The van der Waals surface area contributed by atoms with Crippen LogP contribution in [0.2, 0.25) is 0 Å². The van der Waals surface area contributed by atoms with Gasteiger partial charge in [-0.25, -0.2) is 4.98 Å². The number of benzene rings is 1. The summed E-state index contributed by atoms with van der Waals surface area (Å²) in [4.78, 5) is 27.1. The molecule has 1 aromatic carbocycles. The number of fused-ring (bicyclic) bond motifs is 2. The Morgan fingerprint density at radius 1 is 1.04 bits per heavy atom. The molecule has 1 aliphatic carbocycles. The van der Waals surface area contributed by atoms with Crippen molar-refractivity contribution in [2.75, 3.05) is 31.1 Å². The molecule has 27 heavy (non-hydrogen) atoms. The molecular weight excluding hydrogens is 356 g/mol. The Hall–Kier alpha value is -2.34. The second kappa shape index (κ2) is 7.00. The van der Waals surface area contributed by atoms with E-state index in [0.717, 1.165) is 68.0 Å². The van der Waals surface area contributed by atoms with E-state index in [1.807, 2.05) is 23.1 Å². The summed E-state index contributed by atoms with van der Waals surface area (Å²) in [6.07, 6.45) is 5.66. The Morgan fingerprint density at radius 2 is 1.93 bits per heavy atom. The predicted octanol–water partition coefficient (Wildman–Crippen LogP) is 3.86. The second-order valence-corrected chi connectivity index (χ2v) is 8.43. The molecule has 2 aliphatic rings. The zero-order valence-corrected chi connectivity index (χ0v) is 16.2. The van der Waals surface area contributed by atoms with Crippen molar-refractivity contribution in [2.45, 2.75) is 32.1 Å². The molecule has 3 aromatic rings. The van der Waals surface area contributed by atoms with Crippen molar-refractivity contribution in [3.8, 4) is 0 Å². The maximum atomic E-state index is 13.2. The highest BCUT2D eigenvalue weighted by Crippen LogP contribution is 2.31. The Bertz CT molecular complexity index is 943. The molecule has 140 valence electrons. The van der Waals surface area contributed by atoms with Crippen LogP contribution in [0.25, 0.3) is 11.0 Å². The third-order valence-corrected chi connectivity index (χ3v) is 6.84. The normalized spacial score (nSPS) is 17.8. The molecule has 1 N–H and O–H groups in total. The number of para-hydroxylation sites is 2. The molecule has 1 saturated heterocycles. The van der Waals surface area contributed by atoms with Gasteiger partial charge < -0.3 is 14.8 Å². The van der Waals surface area contributed by atoms with Crippen LogP contribution in [0.3, 0.4) is 0 Å². The molecule has 0 atom stereocenters. The van der Waals surface area contributed by atoms with Crippen LogP contribution < -0.4 is 4.90 Å². The summed E-state index contributed by atoms with van der Waals surface area (Å²) in [5.41, 5.74) is 4.35. The van der Waals surface area contributed by atoms with Gasteiger partial charge in [0.2, 0.25) is 5.95 Å². The number of aromatic nitrogens is 2. The molecule has 2 aromatic heterocycles. The van der Waals surface area contributed by atoms with Crippen molar-refractivity contribution in [1.29, 1.82) is 0 Å². The summed E-state index contributed by atoms with van der Waals surface area (Å²) < 4.78 is 0. The lowest BCUT2D eigenvalue weighted by molar-refractivity contribution is 0.0766. The number of amides is 1. The van der Waals surface area contributed by atoms with Crippen molar-refractivity contribution in [2.24, 2.45) is 0 Å². The summed E-state index contributed by atoms with van der Waals surface area (Å²) in [6, 6.07) is 8.12. The number of nitrogens with zero attached hydrogens (tertiary/aromatic N) is 3. The topological polar surface area (TPSA) is 52.2 Å². The highest BCUT2D eigenvalue weighted by molar-refractivity contribution is 7.10. The fourth-order valence-electron chi connectivity index (χ4n) is 4.27. The molecule has 3 heterocycles. The predicted molar refractivity (Wildman–Crippen MR) is 110 cm³/mol. The molecule has 0 saturated carbocycles. The van der Waals surface area contributed by atoms with E-state index >= 15 is 0 Å². The molecule has 0 unspecified atom stereocenters. The Balaban J connectivity index is 1.32. The van der Waals surface area contributed by atoms with E-state index in [1.54, 1.807) is 11.3 Å². The zero-order chi connectivity index (χ0) is 18.2. The minimum atomic E-state index is 0.223. The first-order valence-electron chi connectivity index (χ1n) is 9.88. The average Bonchev–Trinajstić information content (AvgIpc) is 3.24. The average molecular weight is 381 g/mol. The van der Waals surface area contributed by atoms with E-state index in [2.05, 4.69) is 21.3 Å². The number of H-pyrrole nitrogens is 1. The van der Waals surface area contributed by atoms with Gasteiger partial charge in [0.1, 0.15) is 0 Å². The van der Waals surface area contributed by atoms with Crippen molar-refractivity contribution >= 4 is 34.2 Å². The van der Waals surface area contributed by atoms with Crippen LogP contribution in [0.15, 0.2) is 29.6 Å². The van der Waals surface area contributed by atoms with Crippen LogP contribution >= 0.6 is 11.3 Å². The standard InChI is InChI=1S/C21H24N4OS/c26-20(16-14-27-19-9-4-1-6-15(16)19)24-10-5-11-25(13-12-24)21-22-17-7-2-3-8-18(17)23-21/h2-3,7-8,14H,1,4-6,9-13H2,(H,22,23). The van der Waals surface area contributed by atoms with E-state index < -0.39 is 0 Å². The van der Waals surface area contributed by atoms with Gasteiger partial charge in [0, 0.05) is 36.4 Å². The van der Waals surface area contributed by atoms with Gasteiger partial charge in [0.05, 0.1) is 16.6 Å². The van der Waals surface area contributed by atoms with E-state index in [9.17, 15) is 4.79 Å². The van der Waals surface area contributed by atoms with Crippen LogP contribution in [-0.4, -0.2) is 47.0 Å². The number of hydrogen-bond donors (Lipinski definition) is 1. The van der Waals surface area contributed by atoms with Gasteiger partial charge in [0.15, 0.2) is 0 Å². The molecule has 0 radical (unpaired) electrons. The quantitative estimate of drug-likeness (QED) is 0.735. The molecule has 5 nitrogen and oxygen atoms in total. The van der Waals surface area contributed by atoms with E-state index in [4.69, 9.17) is 4.98 Å². The van der Waals surface area contributed by atoms with Crippen molar-refractivity contribution in [1.82, 2.24) is 14.9 Å². The number of hydrogen-bond acceptors (Lipinski definition) is 4. The fraction of sp³-hybridized carbons (Fsp3) is 0.429. The number of aryl methyl sites for hydroxylation is 1. The molecule has 6 heteroatoms. The Labute approximate surface area is 163 Å². The number of thiophene rings is 1. The van der Waals surface area contributed by atoms with Crippen LogP contribution in [0.4, 0.5) is 5.95 Å². The third kappa shape index (κ3) is 3.12. The SMILES string of the molecule is O=C(c1csc2c1CCCC2)N1CCCN(c2nc3ccccc3[nH]2)CC1. The molecule has 5 rings (SSSR count). The van der Waals surface area contributed by atoms with Crippen LogP contribution in [0.1, 0.15) is 40.1 Å². The smallest absolute Gasteiger partial charge is 0.255 e. The molecule has 1 amide bonds. The first kappa shape index (κ1) is 16.8. The van der Waals surface area contributed by atoms with Gasteiger partial charge in [-0.15, -0.1) is 11.3 Å². The van der Waals surface area contributed by atoms with E-state index in [0.29, 0.717) is 0 Å². The number of imidazole rings is 1. The van der Waals surface area contributed by atoms with Gasteiger partial charge in [-0.05, 0) is 49.8 Å². The first-order chi connectivity index (χ1) is 13.3. The largest absolute Gasteiger partial charge is 0.341 e. The van der Waals surface area contributed by atoms with Crippen molar-refractivity contribution < 1.29 is 4.79 Å². The minimum absolute atomic E-state index is 0.223. The summed E-state index contributed by atoms with van der Waals surface area (Å²) in [7, 11) is 0. The fourth-order valence-corrected chi connectivity index (χ4v) is 5.38. The summed E-state index contributed by atoms with van der Waals surface area (Å²) in [5.74, 6) is 1.14. The zero-order valence-electron chi connectivity index (χ0n) is 15.4. The summed E-state index contributed by atoms with van der Waals surface area (Å²) in [6.45, 7) is 3.31. The van der Waals surface area contributed by atoms with E-state index in [-0.39, 0.29) is 5.91 Å². The number of anilines is 1. The van der Waals surface area contributed by atoms with Gasteiger partial charge in [-0.1, -0.05) is 12.1 Å². The summed E-state index contributed by atoms with van der Waals surface area (Å²) >= 11 is 1.78. The van der Waals surface area contributed by atoms with E-state index in [1.165, 1.54) is 23.3 Å². The lowest BCUT2D eigenvalue weighted by Crippen LogP contribution is -2.35. The molecule has 0 bridgehead atoms. The van der Waals surface area contributed by atoms with Crippen LogP contribution in [-0.2, 0) is 12.8 Å². The number of nitrogens with one attached hydrogen (secondary N) is 1. The van der Waals surface area contributed by atoms with Gasteiger partial charge in [-0.3, -0.25) is 4.79 Å². The van der Waals surface area contributed by atoms with Gasteiger partial charge in [-0.2, -0.15) is 0 Å². The molecule has 0 spiro atoms. The molecule has 1 fully saturated rings. The molecular formula is C21H24N4OS. The molecule has 1 aliphatic heterocycles. The minimum Gasteiger partial charge on any atom is -0.341 e. The number of aromatic amines is 1. The van der Waals surface area contributed by atoms with Gasteiger partial charge >= 0.3 is 0 Å². The third-order valence-electron chi connectivity index (χ3n) is 5.75. The second-order valence-electron chi connectivity index (χ2n) is 7.47. The monoisotopic (exact) mass is 380 g/mol. The van der Waals surface area contributed by atoms with Crippen molar-refractivity contribution in [3.05, 3.63) is 45.6 Å². The van der Waals surface area contributed by atoms with Crippen LogP contribution in [0, 0.1) is 0 Å². The maximum absolute atomic E-state index is 13.2. The highest BCUT2D eigenvalue weighted by Gasteiger charge is 2.26. The Kier molecular flexibility index (Phi) is 4.36. The van der Waals surface area contributed by atoms with Gasteiger partial charge in [0.25, 0.3) is 5.91 Å². The van der Waals surface area contributed by atoms with Crippen molar-refractivity contribution in [3.63, 3.8) is 0 Å². The van der Waals surface area contributed by atoms with Crippen LogP contribution in [0.5, 0.6) is 0 Å². The number of carbonyl (C=O) groups is 1.